The molecule has 4 nitrogen and oxygen atoms in total. The van der Waals surface area contributed by atoms with Gasteiger partial charge in [-0.15, -0.1) is 11.3 Å². The number of nitrogens with one attached hydrogen (secondary N) is 1. The fraction of sp³-hybridized carbons (Fsp3) is 0. The van der Waals surface area contributed by atoms with Crippen LogP contribution in [0, 0.1) is 5.82 Å². The van der Waals surface area contributed by atoms with Crippen LogP contribution in [0.3, 0.4) is 0 Å². The van der Waals surface area contributed by atoms with E-state index in [0.717, 1.165) is 21.3 Å². The van der Waals surface area contributed by atoms with Crippen molar-refractivity contribution in [1.82, 2.24) is 9.38 Å². The molecule has 0 atom stereocenters. The molecule has 0 aliphatic rings. The molecular formula is C22H14FN3OS. The second-order valence-electron chi connectivity index (χ2n) is 6.39. The van der Waals surface area contributed by atoms with Crippen molar-refractivity contribution in [3.8, 4) is 11.3 Å². The van der Waals surface area contributed by atoms with Crippen LogP contribution in [0.4, 0.5) is 10.2 Å². The molecule has 6 heteroatoms. The van der Waals surface area contributed by atoms with Crippen LogP contribution in [0.15, 0.2) is 78.3 Å². The summed E-state index contributed by atoms with van der Waals surface area (Å²) in [6, 6.07) is 19.6. The number of anilines is 1. The minimum absolute atomic E-state index is 0.220. The largest absolute Gasteiger partial charge is 0.306 e. The Balaban J connectivity index is 1.56. The summed E-state index contributed by atoms with van der Waals surface area (Å²) in [4.78, 5) is 18.3. The number of benzene rings is 3. The van der Waals surface area contributed by atoms with E-state index in [9.17, 15) is 9.18 Å². The Hall–Kier alpha value is -3.51. The molecule has 1 amide bonds. The van der Waals surface area contributed by atoms with Gasteiger partial charge in [0, 0.05) is 22.7 Å². The molecule has 0 spiro atoms. The van der Waals surface area contributed by atoms with Crippen LogP contribution in [0.1, 0.15) is 10.4 Å². The molecule has 5 rings (SSSR count). The van der Waals surface area contributed by atoms with Crippen LogP contribution in [0.25, 0.3) is 27.0 Å². The number of imidazole rings is 1. The average molecular weight is 387 g/mol. The van der Waals surface area contributed by atoms with Crippen molar-refractivity contribution in [2.75, 3.05) is 5.32 Å². The van der Waals surface area contributed by atoms with Crippen LogP contribution in [-0.2, 0) is 0 Å². The molecule has 0 aliphatic heterocycles. The van der Waals surface area contributed by atoms with Gasteiger partial charge in [-0.2, -0.15) is 0 Å². The Morgan fingerprint density at radius 3 is 2.61 bits per heavy atom. The maximum atomic E-state index is 13.3. The molecule has 2 aromatic heterocycles. The maximum Gasteiger partial charge on any atom is 0.256 e. The Morgan fingerprint density at radius 1 is 1.00 bits per heavy atom. The van der Waals surface area contributed by atoms with Crippen LogP contribution in [0.5, 0.6) is 0 Å². The highest BCUT2D eigenvalue weighted by molar-refractivity contribution is 7.15. The molecule has 28 heavy (non-hydrogen) atoms. The zero-order chi connectivity index (χ0) is 19.1. The van der Waals surface area contributed by atoms with Crippen molar-refractivity contribution in [3.05, 3.63) is 89.7 Å². The Kier molecular flexibility index (Phi) is 3.91. The summed E-state index contributed by atoms with van der Waals surface area (Å²) in [5, 5.41) is 6.98. The quantitative estimate of drug-likeness (QED) is 0.437. The molecule has 0 fully saturated rings. The summed E-state index contributed by atoms with van der Waals surface area (Å²) in [5.41, 5.74) is 1.92. The van der Waals surface area contributed by atoms with E-state index in [1.807, 2.05) is 52.4 Å². The van der Waals surface area contributed by atoms with Crippen LogP contribution < -0.4 is 5.32 Å². The minimum Gasteiger partial charge on any atom is -0.306 e. The number of fused-ring (bicyclic) bond motifs is 2. The molecule has 0 bridgehead atoms. The molecule has 136 valence electrons. The second-order valence-corrected chi connectivity index (χ2v) is 7.26. The lowest BCUT2D eigenvalue weighted by Gasteiger charge is -2.08. The van der Waals surface area contributed by atoms with E-state index in [4.69, 9.17) is 0 Å². The molecule has 0 saturated carbocycles. The van der Waals surface area contributed by atoms with E-state index in [0.29, 0.717) is 17.1 Å². The normalized spacial score (nSPS) is 11.2. The first-order valence-corrected chi connectivity index (χ1v) is 9.59. The van der Waals surface area contributed by atoms with Gasteiger partial charge in [-0.3, -0.25) is 9.20 Å². The highest BCUT2D eigenvalue weighted by atomic mass is 32.1. The zero-order valence-corrected chi connectivity index (χ0v) is 15.4. The van der Waals surface area contributed by atoms with Gasteiger partial charge in [0.2, 0.25) is 0 Å². The first-order chi connectivity index (χ1) is 13.7. The fourth-order valence-corrected chi connectivity index (χ4v) is 3.94. The number of hydrogen-bond donors (Lipinski definition) is 1. The van der Waals surface area contributed by atoms with Gasteiger partial charge in [-0.05, 0) is 47.2 Å². The monoisotopic (exact) mass is 387 g/mol. The average Bonchev–Trinajstić information content (AvgIpc) is 3.31. The molecule has 3 aromatic carbocycles. The zero-order valence-electron chi connectivity index (χ0n) is 14.6. The predicted molar refractivity (Wildman–Crippen MR) is 110 cm³/mol. The van der Waals surface area contributed by atoms with Crippen molar-refractivity contribution in [2.45, 2.75) is 0 Å². The number of carbonyl (C=O) groups excluding carboxylic acids is 1. The Bertz CT molecular complexity index is 1320. The van der Waals surface area contributed by atoms with Gasteiger partial charge in [-0.1, -0.05) is 30.3 Å². The summed E-state index contributed by atoms with van der Waals surface area (Å²) in [7, 11) is 0. The minimum atomic E-state index is -0.313. The summed E-state index contributed by atoms with van der Waals surface area (Å²) in [6.07, 6.45) is 1.86. The molecular weight excluding hydrogens is 373 g/mol. The molecule has 0 saturated heterocycles. The van der Waals surface area contributed by atoms with Crippen molar-refractivity contribution >= 4 is 38.8 Å². The van der Waals surface area contributed by atoms with Crippen molar-refractivity contribution in [1.29, 1.82) is 0 Å². The van der Waals surface area contributed by atoms with E-state index >= 15 is 0 Å². The van der Waals surface area contributed by atoms with E-state index in [1.54, 1.807) is 18.2 Å². The van der Waals surface area contributed by atoms with E-state index in [1.165, 1.54) is 23.5 Å². The highest BCUT2D eigenvalue weighted by Crippen LogP contribution is 2.31. The van der Waals surface area contributed by atoms with Crippen molar-refractivity contribution < 1.29 is 9.18 Å². The lowest BCUT2D eigenvalue weighted by Crippen LogP contribution is -2.13. The number of aromatic nitrogens is 2. The summed E-state index contributed by atoms with van der Waals surface area (Å²) >= 11 is 1.47. The standard InChI is InChI=1S/C22H14FN3OS/c23-18-9-7-15(8-10-18)19-20(26-11-12-28-22(26)24-19)25-21(27)17-6-5-14-3-1-2-4-16(14)13-17/h1-13H,(H,25,27). The summed E-state index contributed by atoms with van der Waals surface area (Å²) in [5.74, 6) is 0.0367. The summed E-state index contributed by atoms with van der Waals surface area (Å²) in [6.45, 7) is 0. The number of amides is 1. The molecule has 0 unspecified atom stereocenters. The van der Waals surface area contributed by atoms with Crippen LogP contribution in [0.2, 0.25) is 0 Å². The fourth-order valence-electron chi connectivity index (χ4n) is 3.22. The highest BCUT2D eigenvalue weighted by Gasteiger charge is 2.18. The lowest BCUT2D eigenvalue weighted by molar-refractivity contribution is 0.102. The van der Waals surface area contributed by atoms with Crippen LogP contribution in [-0.4, -0.2) is 15.3 Å². The molecule has 2 heterocycles. The maximum absolute atomic E-state index is 13.3. The van der Waals surface area contributed by atoms with Crippen molar-refractivity contribution in [3.63, 3.8) is 0 Å². The Labute approximate surface area is 163 Å². The molecule has 0 radical (unpaired) electrons. The first kappa shape index (κ1) is 16.6. The SMILES string of the molecule is O=C(Nc1c(-c2ccc(F)cc2)nc2sccn12)c1ccc2ccccc2c1. The third-order valence-corrected chi connectivity index (χ3v) is 5.38. The van der Waals surface area contributed by atoms with Gasteiger partial charge in [-0.25, -0.2) is 9.37 Å². The first-order valence-electron chi connectivity index (χ1n) is 8.71. The van der Waals surface area contributed by atoms with E-state index < -0.39 is 0 Å². The molecule has 5 aromatic rings. The van der Waals surface area contributed by atoms with Gasteiger partial charge in [0.05, 0.1) is 0 Å². The van der Waals surface area contributed by atoms with Crippen LogP contribution >= 0.6 is 11.3 Å². The Morgan fingerprint density at radius 2 is 1.79 bits per heavy atom. The number of carbonyl (C=O) groups is 1. The number of rotatable bonds is 3. The third kappa shape index (κ3) is 2.84. The number of nitrogens with zero attached hydrogens (tertiary/aromatic N) is 2. The van der Waals surface area contributed by atoms with Gasteiger partial charge in [0.1, 0.15) is 17.3 Å². The smallest absolute Gasteiger partial charge is 0.256 e. The third-order valence-electron chi connectivity index (χ3n) is 4.62. The number of hydrogen-bond acceptors (Lipinski definition) is 3. The van der Waals surface area contributed by atoms with Gasteiger partial charge < -0.3 is 5.32 Å². The number of thiazole rings is 1. The molecule has 1 N–H and O–H groups in total. The predicted octanol–water partition coefficient (Wildman–Crippen LogP) is 5.61. The lowest BCUT2D eigenvalue weighted by atomic mass is 10.1. The molecule has 0 aliphatic carbocycles. The van der Waals surface area contributed by atoms with Crippen molar-refractivity contribution in [2.24, 2.45) is 0 Å². The van der Waals surface area contributed by atoms with Gasteiger partial charge >= 0.3 is 0 Å². The number of halogens is 1. The van der Waals surface area contributed by atoms with Gasteiger partial charge in [0.15, 0.2) is 4.96 Å². The van der Waals surface area contributed by atoms with E-state index in [-0.39, 0.29) is 11.7 Å². The topological polar surface area (TPSA) is 46.4 Å². The van der Waals surface area contributed by atoms with Gasteiger partial charge in [0.25, 0.3) is 5.91 Å². The second kappa shape index (κ2) is 6.58. The summed E-state index contributed by atoms with van der Waals surface area (Å²) < 4.78 is 15.1. The van der Waals surface area contributed by atoms with E-state index in [2.05, 4.69) is 10.3 Å².